The van der Waals surface area contributed by atoms with Crippen molar-refractivity contribution in [2.24, 2.45) is 0 Å². The highest BCUT2D eigenvalue weighted by molar-refractivity contribution is 9.10. The summed E-state index contributed by atoms with van der Waals surface area (Å²) in [5.74, 6) is 0.739. The molecule has 6 heteroatoms. The van der Waals surface area contributed by atoms with Crippen molar-refractivity contribution in [1.29, 1.82) is 0 Å². The zero-order valence-corrected chi connectivity index (χ0v) is 12.4. The van der Waals surface area contributed by atoms with Gasteiger partial charge in [-0.25, -0.2) is 10.5 Å². The summed E-state index contributed by atoms with van der Waals surface area (Å²) in [6, 6.07) is 10.7. The Balaban J connectivity index is 2.03. The highest BCUT2D eigenvalue weighted by Crippen LogP contribution is 2.22. The van der Waals surface area contributed by atoms with Gasteiger partial charge in [0.05, 0.1) is 12.2 Å². The largest absolute Gasteiger partial charge is 0.439 e. The van der Waals surface area contributed by atoms with Gasteiger partial charge in [0.15, 0.2) is 0 Å². The van der Waals surface area contributed by atoms with Crippen molar-refractivity contribution in [2.45, 2.75) is 6.92 Å². The van der Waals surface area contributed by atoms with E-state index in [4.69, 9.17) is 9.57 Å². The van der Waals surface area contributed by atoms with Crippen molar-refractivity contribution in [3.8, 4) is 11.6 Å². The van der Waals surface area contributed by atoms with Gasteiger partial charge < -0.3 is 4.74 Å². The number of ether oxygens (including phenoxy) is 1. The number of hydroxylamine groups is 1. The van der Waals surface area contributed by atoms with Gasteiger partial charge in [0.2, 0.25) is 5.88 Å². The fourth-order valence-corrected chi connectivity index (χ4v) is 1.80. The summed E-state index contributed by atoms with van der Waals surface area (Å²) in [6.45, 7) is 2.19. The number of amides is 1. The number of halogens is 1. The average Bonchev–Trinajstić information content (AvgIpc) is 2.45. The first kappa shape index (κ1) is 14.5. The van der Waals surface area contributed by atoms with Crippen LogP contribution in [0.25, 0.3) is 0 Å². The number of aromatic nitrogens is 1. The normalized spacial score (nSPS) is 10.1. The van der Waals surface area contributed by atoms with E-state index >= 15 is 0 Å². The molecule has 0 atom stereocenters. The van der Waals surface area contributed by atoms with Crippen LogP contribution in [0.2, 0.25) is 0 Å². The smallest absolute Gasteiger partial charge is 0.276 e. The molecule has 2 rings (SSSR count). The molecule has 0 bridgehead atoms. The second-order valence-electron chi connectivity index (χ2n) is 3.81. The average molecular weight is 337 g/mol. The summed E-state index contributed by atoms with van der Waals surface area (Å²) < 4.78 is 6.49. The van der Waals surface area contributed by atoms with Gasteiger partial charge in [-0.15, -0.1) is 0 Å². The maximum Gasteiger partial charge on any atom is 0.276 e. The Bertz CT molecular complexity index is 587. The third-order valence-corrected chi connectivity index (χ3v) is 2.82. The first-order chi connectivity index (χ1) is 9.69. The van der Waals surface area contributed by atoms with Crippen LogP contribution >= 0.6 is 15.9 Å². The Hall–Kier alpha value is -1.92. The van der Waals surface area contributed by atoms with E-state index < -0.39 is 0 Å². The monoisotopic (exact) mass is 336 g/mol. The first-order valence-electron chi connectivity index (χ1n) is 6.00. The maximum atomic E-state index is 11.6. The highest BCUT2D eigenvalue weighted by atomic mass is 79.9. The molecule has 5 nitrogen and oxygen atoms in total. The lowest BCUT2D eigenvalue weighted by Gasteiger charge is -2.06. The van der Waals surface area contributed by atoms with Crippen LogP contribution in [-0.2, 0) is 4.84 Å². The number of nitrogens with one attached hydrogen (secondary N) is 1. The predicted molar refractivity (Wildman–Crippen MR) is 77.5 cm³/mol. The zero-order chi connectivity index (χ0) is 14.4. The quantitative estimate of drug-likeness (QED) is 0.851. The molecule has 0 aliphatic rings. The number of nitrogens with zero attached hydrogens (tertiary/aromatic N) is 1. The van der Waals surface area contributed by atoms with Crippen LogP contribution in [-0.4, -0.2) is 17.5 Å². The van der Waals surface area contributed by atoms with Gasteiger partial charge in [-0.05, 0) is 31.2 Å². The minimum Gasteiger partial charge on any atom is -0.439 e. The molecule has 1 heterocycles. The van der Waals surface area contributed by atoms with Gasteiger partial charge in [0.1, 0.15) is 5.75 Å². The molecular weight excluding hydrogens is 324 g/mol. The summed E-state index contributed by atoms with van der Waals surface area (Å²) in [5.41, 5.74) is 2.70. The molecule has 1 aromatic heterocycles. The lowest BCUT2D eigenvalue weighted by molar-refractivity contribution is 0.0364. The van der Waals surface area contributed by atoms with Crippen molar-refractivity contribution in [1.82, 2.24) is 10.5 Å². The number of carbonyl (C=O) groups excluding carboxylic acids is 1. The highest BCUT2D eigenvalue weighted by Gasteiger charge is 2.06. The van der Waals surface area contributed by atoms with E-state index in [1.807, 2.05) is 24.3 Å². The number of hydrogen-bond donors (Lipinski definition) is 1. The minimum atomic E-state index is -0.339. The summed E-state index contributed by atoms with van der Waals surface area (Å²) in [4.78, 5) is 20.5. The van der Waals surface area contributed by atoms with Gasteiger partial charge in [-0.1, -0.05) is 22.0 Å². The lowest BCUT2D eigenvalue weighted by atomic mass is 10.3. The Kier molecular flexibility index (Phi) is 5.09. The van der Waals surface area contributed by atoms with Gasteiger partial charge in [0, 0.05) is 16.7 Å². The van der Waals surface area contributed by atoms with Crippen molar-refractivity contribution in [2.75, 3.05) is 6.61 Å². The molecule has 20 heavy (non-hydrogen) atoms. The van der Waals surface area contributed by atoms with Gasteiger partial charge in [0.25, 0.3) is 5.91 Å². The molecule has 0 radical (unpaired) electrons. The van der Waals surface area contributed by atoms with Crippen molar-refractivity contribution >= 4 is 21.8 Å². The maximum absolute atomic E-state index is 11.6. The number of pyridine rings is 1. The summed E-state index contributed by atoms with van der Waals surface area (Å²) >= 11 is 3.36. The van der Waals surface area contributed by atoms with Crippen LogP contribution in [0.4, 0.5) is 0 Å². The first-order valence-corrected chi connectivity index (χ1v) is 6.80. The third kappa shape index (κ3) is 4.04. The summed E-state index contributed by atoms with van der Waals surface area (Å²) in [7, 11) is 0. The van der Waals surface area contributed by atoms with E-state index in [9.17, 15) is 4.79 Å². The van der Waals surface area contributed by atoms with Gasteiger partial charge >= 0.3 is 0 Å². The van der Waals surface area contributed by atoms with E-state index in [-0.39, 0.29) is 5.91 Å². The fraction of sp³-hybridized carbons (Fsp3) is 0.143. The Morgan fingerprint density at radius 1 is 1.35 bits per heavy atom. The molecule has 0 spiro atoms. The molecule has 0 fully saturated rings. The van der Waals surface area contributed by atoms with Crippen molar-refractivity contribution in [3.05, 3.63) is 52.6 Å². The lowest BCUT2D eigenvalue weighted by Crippen LogP contribution is -2.23. The minimum absolute atomic E-state index is 0.339. The van der Waals surface area contributed by atoms with Crippen LogP contribution in [0.3, 0.4) is 0 Å². The van der Waals surface area contributed by atoms with Crippen LogP contribution < -0.4 is 10.2 Å². The molecule has 0 saturated carbocycles. The molecule has 0 saturated heterocycles. The third-order valence-electron chi connectivity index (χ3n) is 2.33. The van der Waals surface area contributed by atoms with Crippen LogP contribution in [0.15, 0.2) is 47.1 Å². The van der Waals surface area contributed by atoms with Crippen molar-refractivity contribution < 1.29 is 14.4 Å². The van der Waals surface area contributed by atoms with E-state index in [0.29, 0.717) is 23.8 Å². The van der Waals surface area contributed by atoms with Gasteiger partial charge in [-0.3, -0.25) is 9.63 Å². The molecule has 104 valence electrons. The second kappa shape index (κ2) is 7.02. The predicted octanol–water partition coefficient (Wildman–Crippen LogP) is 3.32. The van der Waals surface area contributed by atoms with E-state index in [1.54, 1.807) is 19.1 Å². The molecule has 0 unspecified atom stereocenters. The van der Waals surface area contributed by atoms with E-state index in [2.05, 4.69) is 26.4 Å². The van der Waals surface area contributed by atoms with Crippen LogP contribution in [0.5, 0.6) is 11.6 Å². The van der Waals surface area contributed by atoms with Crippen LogP contribution in [0.1, 0.15) is 17.3 Å². The number of rotatable bonds is 5. The molecule has 0 aliphatic carbocycles. The number of benzene rings is 1. The molecular formula is C14H13BrN2O3. The molecule has 1 aromatic carbocycles. The standard InChI is InChI=1S/C14H13BrN2O3/c1-2-19-17-14(18)10-6-7-13(16-9-10)20-12-5-3-4-11(15)8-12/h3-9H,2H2,1H3,(H,17,18). The number of carbonyl (C=O) groups is 1. The fourth-order valence-electron chi connectivity index (χ4n) is 1.42. The SMILES string of the molecule is CCONC(=O)c1ccc(Oc2cccc(Br)c2)nc1. The summed E-state index contributed by atoms with van der Waals surface area (Å²) in [6.07, 6.45) is 1.43. The van der Waals surface area contributed by atoms with Gasteiger partial charge in [-0.2, -0.15) is 0 Å². The molecule has 0 aliphatic heterocycles. The molecule has 2 aromatic rings. The van der Waals surface area contributed by atoms with E-state index in [1.165, 1.54) is 6.20 Å². The molecule has 1 amide bonds. The zero-order valence-electron chi connectivity index (χ0n) is 10.8. The Morgan fingerprint density at radius 2 is 2.20 bits per heavy atom. The van der Waals surface area contributed by atoms with Crippen LogP contribution in [0, 0.1) is 0 Å². The number of hydrogen-bond acceptors (Lipinski definition) is 4. The second-order valence-corrected chi connectivity index (χ2v) is 4.72. The van der Waals surface area contributed by atoms with Crippen molar-refractivity contribution in [3.63, 3.8) is 0 Å². The van der Waals surface area contributed by atoms with E-state index in [0.717, 1.165) is 4.47 Å². The topological polar surface area (TPSA) is 60.5 Å². The molecule has 1 N–H and O–H groups in total. The Labute approximate surface area is 125 Å². The summed E-state index contributed by atoms with van der Waals surface area (Å²) in [5, 5.41) is 0. The Morgan fingerprint density at radius 3 is 2.85 bits per heavy atom.